The first-order chi connectivity index (χ1) is 13.3. The fourth-order valence-corrected chi connectivity index (χ4v) is 3.60. The molecule has 0 aliphatic carbocycles. The van der Waals surface area contributed by atoms with Gasteiger partial charge in [0.1, 0.15) is 17.9 Å². The molecule has 0 radical (unpaired) electrons. The molecule has 0 fully saturated rings. The predicted molar refractivity (Wildman–Crippen MR) is 105 cm³/mol. The molecule has 27 heavy (non-hydrogen) atoms. The van der Waals surface area contributed by atoms with Crippen LogP contribution in [-0.2, 0) is 0 Å². The first kappa shape index (κ1) is 16.1. The van der Waals surface area contributed by atoms with E-state index in [2.05, 4.69) is 26.4 Å². The number of para-hydroxylation sites is 1. The van der Waals surface area contributed by atoms with Crippen LogP contribution in [0.1, 0.15) is 18.0 Å². The molecule has 1 unspecified atom stereocenters. The van der Waals surface area contributed by atoms with Crippen LogP contribution in [0.4, 0.5) is 5.82 Å². The Morgan fingerprint density at radius 2 is 2.04 bits per heavy atom. The first-order valence-electron chi connectivity index (χ1n) is 8.72. The molecule has 0 amide bonds. The first-order valence-corrected chi connectivity index (χ1v) is 9.10. The molecular formula is C20H16ClN5O. The van der Waals surface area contributed by atoms with Gasteiger partial charge in [0.05, 0.1) is 29.9 Å². The lowest BCUT2D eigenvalue weighted by molar-refractivity contribution is 0.274. The molecule has 4 aromatic rings. The Bertz CT molecular complexity index is 1130. The zero-order valence-corrected chi connectivity index (χ0v) is 15.1. The number of benzene rings is 2. The molecule has 1 atom stereocenters. The van der Waals surface area contributed by atoms with Crippen LogP contribution in [0.2, 0.25) is 5.02 Å². The minimum absolute atomic E-state index is 0.127. The molecule has 0 saturated carbocycles. The average Bonchev–Trinajstić information content (AvgIpc) is 3.13. The molecule has 6 nitrogen and oxygen atoms in total. The Morgan fingerprint density at radius 1 is 1.11 bits per heavy atom. The van der Waals surface area contributed by atoms with Gasteiger partial charge in [-0.3, -0.25) is 0 Å². The summed E-state index contributed by atoms with van der Waals surface area (Å²) in [6, 6.07) is 15.7. The number of hydrogen-bond donors (Lipinski definition) is 1. The van der Waals surface area contributed by atoms with Crippen LogP contribution < -0.4 is 10.1 Å². The standard InChI is InChI=1S/C20H16ClN5O/c21-13-4-3-5-14(10-13)26-20-16(11-24-26)19(22-12-23-20)25-17-8-9-27-18-7-2-1-6-15(17)18/h1-7,10-12,17H,8-9H2,(H,22,23,25). The van der Waals surface area contributed by atoms with Crippen molar-refractivity contribution in [3.63, 3.8) is 0 Å². The molecule has 134 valence electrons. The Balaban J connectivity index is 1.54. The number of nitrogens with one attached hydrogen (secondary N) is 1. The zero-order valence-electron chi connectivity index (χ0n) is 14.3. The van der Waals surface area contributed by atoms with E-state index in [0.717, 1.165) is 40.3 Å². The molecule has 0 spiro atoms. The topological polar surface area (TPSA) is 64.9 Å². The Hall–Kier alpha value is -3.12. The maximum Gasteiger partial charge on any atom is 0.168 e. The van der Waals surface area contributed by atoms with Crippen molar-refractivity contribution in [2.75, 3.05) is 11.9 Å². The minimum atomic E-state index is 0.127. The smallest absolute Gasteiger partial charge is 0.168 e. The Labute approximate surface area is 160 Å². The third-order valence-corrected chi connectivity index (χ3v) is 4.92. The molecule has 2 aromatic heterocycles. The Morgan fingerprint density at radius 3 is 2.96 bits per heavy atom. The fraction of sp³-hybridized carbons (Fsp3) is 0.150. The molecule has 7 heteroatoms. The highest BCUT2D eigenvalue weighted by Gasteiger charge is 2.22. The third-order valence-electron chi connectivity index (χ3n) is 4.69. The summed E-state index contributed by atoms with van der Waals surface area (Å²) < 4.78 is 7.52. The molecule has 1 aliphatic rings. The summed E-state index contributed by atoms with van der Waals surface area (Å²) in [6.07, 6.45) is 4.20. The van der Waals surface area contributed by atoms with Crippen molar-refractivity contribution in [1.82, 2.24) is 19.7 Å². The second-order valence-corrected chi connectivity index (χ2v) is 6.80. The summed E-state index contributed by atoms with van der Waals surface area (Å²) in [5.41, 5.74) is 2.73. The Kier molecular flexibility index (Phi) is 3.90. The van der Waals surface area contributed by atoms with Crippen molar-refractivity contribution in [1.29, 1.82) is 0 Å². The van der Waals surface area contributed by atoms with E-state index in [0.29, 0.717) is 11.6 Å². The maximum absolute atomic E-state index is 6.12. The quantitative estimate of drug-likeness (QED) is 0.573. The second kappa shape index (κ2) is 6.55. The lowest BCUT2D eigenvalue weighted by Gasteiger charge is -2.27. The highest BCUT2D eigenvalue weighted by molar-refractivity contribution is 6.30. The summed E-state index contributed by atoms with van der Waals surface area (Å²) in [5.74, 6) is 1.68. The number of anilines is 1. The van der Waals surface area contributed by atoms with Gasteiger partial charge in [0.15, 0.2) is 5.65 Å². The number of nitrogens with zero attached hydrogens (tertiary/aromatic N) is 4. The number of hydrogen-bond acceptors (Lipinski definition) is 5. The highest BCUT2D eigenvalue weighted by atomic mass is 35.5. The van der Waals surface area contributed by atoms with Gasteiger partial charge in [0.2, 0.25) is 0 Å². The van der Waals surface area contributed by atoms with Gasteiger partial charge in [0, 0.05) is 17.0 Å². The summed E-state index contributed by atoms with van der Waals surface area (Å²) in [6.45, 7) is 0.671. The number of halogens is 1. The average molecular weight is 378 g/mol. The van der Waals surface area contributed by atoms with Crippen molar-refractivity contribution in [3.8, 4) is 11.4 Å². The minimum Gasteiger partial charge on any atom is -0.493 e. The van der Waals surface area contributed by atoms with Crippen molar-refractivity contribution in [2.24, 2.45) is 0 Å². The molecular weight excluding hydrogens is 362 g/mol. The summed E-state index contributed by atoms with van der Waals surface area (Å²) in [7, 11) is 0. The summed E-state index contributed by atoms with van der Waals surface area (Å²) in [4.78, 5) is 8.88. The normalized spacial score (nSPS) is 16.0. The van der Waals surface area contributed by atoms with Gasteiger partial charge in [-0.1, -0.05) is 35.9 Å². The van der Waals surface area contributed by atoms with E-state index < -0.39 is 0 Å². The molecule has 0 bridgehead atoms. The van der Waals surface area contributed by atoms with Crippen LogP contribution in [0.15, 0.2) is 61.1 Å². The van der Waals surface area contributed by atoms with Crippen LogP contribution in [0.3, 0.4) is 0 Å². The maximum atomic E-state index is 6.12. The molecule has 1 N–H and O–H groups in total. The number of fused-ring (bicyclic) bond motifs is 2. The summed E-state index contributed by atoms with van der Waals surface area (Å²) >= 11 is 6.12. The van der Waals surface area contributed by atoms with Crippen LogP contribution in [-0.4, -0.2) is 26.4 Å². The van der Waals surface area contributed by atoms with Gasteiger partial charge in [-0.25, -0.2) is 14.6 Å². The van der Waals surface area contributed by atoms with Crippen molar-refractivity contribution < 1.29 is 4.74 Å². The number of ether oxygens (including phenoxy) is 1. The predicted octanol–water partition coefficient (Wildman–Crippen LogP) is 4.40. The van der Waals surface area contributed by atoms with Crippen LogP contribution >= 0.6 is 11.6 Å². The SMILES string of the molecule is Clc1cccc(-n2ncc3c(NC4CCOc5ccccc54)ncnc32)c1. The molecule has 1 aliphatic heterocycles. The highest BCUT2D eigenvalue weighted by Crippen LogP contribution is 2.35. The monoisotopic (exact) mass is 377 g/mol. The van der Waals surface area contributed by atoms with Crippen LogP contribution in [0, 0.1) is 0 Å². The van der Waals surface area contributed by atoms with Crippen molar-refractivity contribution in [2.45, 2.75) is 12.5 Å². The molecule has 3 heterocycles. The van der Waals surface area contributed by atoms with E-state index in [9.17, 15) is 0 Å². The summed E-state index contributed by atoms with van der Waals surface area (Å²) in [5, 5.41) is 9.56. The fourth-order valence-electron chi connectivity index (χ4n) is 3.41. The number of rotatable bonds is 3. The lowest BCUT2D eigenvalue weighted by atomic mass is 10.0. The lowest BCUT2D eigenvalue weighted by Crippen LogP contribution is -2.20. The van der Waals surface area contributed by atoms with Gasteiger partial charge < -0.3 is 10.1 Å². The number of aromatic nitrogens is 4. The molecule has 0 saturated heterocycles. The van der Waals surface area contributed by atoms with Gasteiger partial charge in [0.25, 0.3) is 0 Å². The van der Waals surface area contributed by atoms with Gasteiger partial charge in [-0.2, -0.15) is 5.10 Å². The van der Waals surface area contributed by atoms with E-state index in [1.54, 1.807) is 17.2 Å². The van der Waals surface area contributed by atoms with E-state index in [1.807, 2.05) is 42.5 Å². The van der Waals surface area contributed by atoms with Gasteiger partial charge in [-0.15, -0.1) is 0 Å². The largest absolute Gasteiger partial charge is 0.493 e. The second-order valence-electron chi connectivity index (χ2n) is 6.37. The van der Waals surface area contributed by atoms with E-state index >= 15 is 0 Å². The van der Waals surface area contributed by atoms with Crippen molar-refractivity contribution >= 4 is 28.5 Å². The van der Waals surface area contributed by atoms with E-state index in [1.165, 1.54) is 0 Å². The molecule has 5 rings (SSSR count). The van der Waals surface area contributed by atoms with Crippen LogP contribution in [0.5, 0.6) is 5.75 Å². The van der Waals surface area contributed by atoms with E-state index in [-0.39, 0.29) is 6.04 Å². The van der Waals surface area contributed by atoms with Gasteiger partial charge >= 0.3 is 0 Å². The van der Waals surface area contributed by atoms with Gasteiger partial charge in [-0.05, 0) is 24.3 Å². The zero-order chi connectivity index (χ0) is 18.2. The van der Waals surface area contributed by atoms with E-state index in [4.69, 9.17) is 16.3 Å². The molecule has 2 aromatic carbocycles. The van der Waals surface area contributed by atoms with Crippen molar-refractivity contribution in [3.05, 3.63) is 71.6 Å². The third kappa shape index (κ3) is 2.88. The van der Waals surface area contributed by atoms with Crippen LogP contribution in [0.25, 0.3) is 16.7 Å².